The molecule has 0 spiro atoms. The molecular formula is C21H19ClFN3O3. The van der Waals surface area contributed by atoms with E-state index in [2.05, 4.69) is 9.97 Å². The molecule has 0 bridgehead atoms. The highest BCUT2D eigenvalue weighted by atomic mass is 35.5. The van der Waals surface area contributed by atoms with Gasteiger partial charge in [-0.05, 0) is 38.0 Å². The van der Waals surface area contributed by atoms with Crippen LogP contribution in [0.5, 0.6) is 5.88 Å². The molecular weight excluding hydrogens is 397 g/mol. The zero-order chi connectivity index (χ0) is 20.4. The van der Waals surface area contributed by atoms with Crippen LogP contribution in [0.15, 0.2) is 53.4 Å². The van der Waals surface area contributed by atoms with E-state index in [4.69, 9.17) is 20.8 Å². The van der Waals surface area contributed by atoms with Gasteiger partial charge in [-0.3, -0.25) is 4.79 Å². The van der Waals surface area contributed by atoms with Crippen molar-refractivity contribution in [1.29, 1.82) is 0 Å². The lowest BCUT2D eigenvalue weighted by Crippen LogP contribution is -2.51. The van der Waals surface area contributed by atoms with Gasteiger partial charge in [0, 0.05) is 18.8 Å². The third-order valence-corrected chi connectivity index (χ3v) is 5.26. The Labute approximate surface area is 172 Å². The van der Waals surface area contributed by atoms with Crippen LogP contribution in [0.25, 0.3) is 11.5 Å². The van der Waals surface area contributed by atoms with Gasteiger partial charge in [-0.1, -0.05) is 17.7 Å². The lowest BCUT2D eigenvalue weighted by Gasteiger charge is -2.39. The fraction of sp³-hybridized carbons (Fsp3) is 0.286. The number of nitrogens with zero attached hydrogens (tertiary/aromatic N) is 3. The van der Waals surface area contributed by atoms with Crippen LogP contribution in [-0.4, -0.2) is 39.5 Å². The number of halogens is 2. The number of hydrogen-bond donors (Lipinski definition) is 0. The summed E-state index contributed by atoms with van der Waals surface area (Å²) in [6.45, 7) is 2.47. The van der Waals surface area contributed by atoms with Crippen molar-refractivity contribution in [1.82, 2.24) is 14.9 Å². The number of pyridine rings is 1. The van der Waals surface area contributed by atoms with E-state index in [1.807, 2.05) is 6.92 Å². The highest BCUT2D eigenvalue weighted by molar-refractivity contribution is 6.30. The number of piperidine rings is 1. The lowest BCUT2D eigenvalue weighted by molar-refractivity contribution is 0.0266. The minimum atomic E-state index is -0.555. The van der Waals surface area contributed by atoms with Gasteiger partial charge in [0.05, 0.1) is 28.4 Å². The maximum atomic E-state index is 14.5. The van der Waals surface area contributed by atoms with Crippen LogP contribution in [0.3, 0.4) is 0 Å². The Kier molecular flexibility index (Phi) is 5.49. The van der Waals surface area contributed by atoms with Gasteiger partial charge in [0.25, 0.3) is 5.91 Å². The summed E-state index contributed by atoms with van der Waals surface area (Å²) in [6, 6.07) is 7.56. The Morgan fingerprint density at radius 2 is 2.17 bits per heavy atom. The van der Waals surface area contributed by atoms with Crippen molar-refractivity contribution in [3.63, 3.8) is 0 Å². The number of oxazole rings is 1. The Morgan fingerprint density at radius 1 is 1.31 bits per heavy atom. The van der Waals surface area contributed by atoms with Gasteiger partial charge in [-0.25, -0.2) is 14.4 Å². The van der Waals surface area contributed by atoms with E-state index < -0.39 is 5.82 Å². The number of aromatic nitrogens is 2. The van der Waals surface area contributed by atoms with Gasteiger partial charge >= 0.3 is 0 Å². The quantitative estimate of drug-likeness (QED) is 0.622. The fourth-order valence-corrected chi connectivity index (χ4v) is 3.67. The molecule has 0 N–H and O–H groups in total. The molecule has 3 heterocycles. The minimum absolute atomic E-state index is 0.0668. The molecule has 1 aromatic carbocycles. The van der Waals surface area contributed by atoms with Crippen LogP contribution < -0.4 is 4.74 Å². The molecule has 2 aromatic heterocycles. The van der Waals surface area contributed by atoms with Crippen molar-refractivity contribution in [2.24, 2.45) is 0 Å². The summed E-state index contributed by atoms with van der Waals surface area (Å²) in [6.07, 6.45) is 5.59. The van der Waals surface area contributed by atoms with Gasteiger partial charge in [0.1, 0.15) is 18.2 Å². The molecule has 0 aliphatic carbocycles. The fourth-order valence-electron chi connectivity index (χ4n) is 3.56. The molecule has 8 heteroatoms. The normalized spacial score (nSPS) is 19.2. The van der Waals surface area contributed by atoms with Crippen molar-refractivity contribution >= 4 is 17.5 Å². The first-order valence-electron chi connectivity index (χ1n) is 9.32. The zero-order valence-electron chi connectivity index (χ0n) is 15.7. The van der Waals surface area contributed by atoms with Crippen LogP contribution in [0, 0.1) is 5.82 Å². The zero-order valence-corrected chi connectivity index (χ0v) is 16.5. The second-order valence-corrected chi connectivity index (χ2v) is 7.29. The van der Waals surface area contributed by atoms with E-state index in [1.54, 1.807) is 23.1 Å². The summed E-state index contributed by atoms with van der Waals surface area (Å²) in [5, 5.41) is 0.524. The van der Waals surface area contributed by atoms with Crippen molar-refractivity contribution in [2.45, 2.75) is 31.9 Å². The Morgan fingerprint density at radius 3 is 2.90 bits per heavy atom. The summed E-state index contributed by atoms with van der Waals surface area (Å²) < 4.78 is 25.8. The highest BCUT2D eigenvalue weighted by Gasteiger charge is 2.35. The predicted octanol–water partition coefficient (Wildman–Crippen LogP) is 4.60. The van der Waals surface area contributed by atoms with E-state index in [9.17, 15) is 9.18 Å². The molecule has 4 rings (SSSR count). The Bertz CT molecular complexity index is 995. The average Bonchev–Trinajstić information content (AvgIpc) is 3.25. The Hall–Kier alpha value is -2.93. The van der Waals surface area contributed by atoms with E-state index in [0.717, 1.165) is 12.8 Å². The van der Waals surface area contributed by atoms with Crippen LogP contribution in [0.4, 0.5) is 4.39 Å². The van der Waals surface area contributed by atoms with Crippen LogP contribution in [0.2, 0.25) is 5.02 Å². The molecule has 0 radical (unpaired) electrons. The van der Waals surface area contributed by atoms with Crippen molar-refractivity contribution in [3.05, 3.63) is 65.4 Å². The van der Waals surface area contributed by atoms with Crippen LogP contribution >= 0.6 is 11.6 Å². The number of likely N-dealkylation sites (tertiary alicyclic amines) is 1. The smallest absolute Gasteiger partial charge is 0.255 e. The number of ether oxygens (including phenoxy) is 1. The number of carbonyl (C=O) groups excluding carboxylic acids is 1. The van der Waals surface area contributed by atoms with Gasteiger partial charge in [-0.2, -0.15) is 0 Å². The summed E-state index contributed by atoms with van der Waals surface area (Å²) >= 11 is 5.87. The van der Waals surface area contributed by atoms with Crippen molar-refractivity contribution in [2.75, 3.05) is 6.54 Å². The SMILES string of the molecule is C[C@H]1[C@H](Oc2ccc(Cl)cn2)CCCN1C(=O)c1cccc(F)c1-c1ncco1. The molecule has 2 atom stereocenters. The predicted molar refractivity (Wildman–Crippen MR) is 105 cm³/mol. The largest absolute Gasteiger partial charge is 0.472 e. The van der Waals surface area contributed by atoms with Crippen LogP contribution in [-0.2, 0) is 0 Å². The van der Waals surface area contributed by atoms with Gasteiger partial charge < -0.3 is 14.1 Å². The molecule has 3 aromatic rings. The first kappa shape index (κ1) is 19.4. The van der Waals surface area contributed by atoms with E-state index in [1.165, 1.54) is 30.8 Å². The van der Waals surface area contributed by atoms with Gasteiger partial charge in [-0.15, -0.1) is 0 Å². The maximum Gasteiger partial charge on any atom is 0.255 e. The second-order valence-electron chi connectivity index (χ2n) is 6.85. The number of amides is 1. The number of rotatable bonds is 4. The van der Waals surface area contributed by atoms with Gasteiger partial charge in [0.2, 0.25) is 11.8 Å². The van der Waals surface area contributed by atoms with Crippen molar-refractivity contribution in [3.8, 4) is 17.3 Å². The van der Waals surface area contributed by atoms with E-state index in [-0.39, 0.29) is 35.1 Å². The van der Waals surface area contributed by atoms with Gasteiger partial charge in [0.15, 0.2) is 0 Å². The molecule has 1 fully saturated rings. The summed E-state index contributed by atoms with van der Waals surface area (Å²) in [5.41, 5.74) is 0.279. The third kappa shape index (κ3) is 3.96. The average molecular weight is 416 g/mol. The molecule has 0 unspecified atom stereocenters. The molecule has 1 amide bonds. The van der Waals surface area contributed by atoms with E-state index in [0.29, 0.717) is 17.4 Å². The lowest BCUT2D eigenvalue weighted by atomic mass is 9.97. The molecule has 1 aliphatic heterocycles. The maximum absolute atomic E-state index is 14.5. The minimum Gasteiger partial charge on any atom is -0.472 e. The van der Waals surface area contributed by atoms with E-state index >= 15 is 0 Å². The number of carbonyl (C=O) groups is 1. The first-order chi connectivity index (χ1) is 14.0. The number of benzene rings is 1. The summed E-state index contributed by atoms with van der Waals surface area (Å²) in [4.78, 5) is 23.2. The standard InChI is InChI=1S/C21H19ClFN3O3/c1-13-17(29-18-8-7-14(22)12-25-18)6-3-10-26(13)21(27)15-4-2-5-16(23)19(15)20-24-9-11-28-20/h2,4-5,7-9,11-13,17H,3,6,10H2,1H3/t13-,17+/m0/s1. The monoisotopic (exact) mass is 415 g/mol. The van der Waals surface area contributed by atoms with Crippen molar-refractivity contribution < 1.29 is 18.3 Å². The Balaban J connectivity index is 1.59. The second kappa shape index (κ2) is 8.21. The summed E-state index contributed by atoms with van der Waals surface area (Å²) in [7, 11) is 0. The summed E-state index contributed by atoms with van der Waals surface area (Å²) in [5.74, 6) is -0.315. The molecule has 150 valence electrons. The molecule has 1 saturated heterocycles. The number of hydrogen-bond acceptors (Lipinski definition) is 5. The molecule has 6 nitrogen and oxygen atoms in total. The molecule has 1 aliphatic rings. The first-order valence-corrected chi connectivity index (χ1v) is 9.70. The van der Waals surface area contributed by atoms with Crippen LogP contribution in [0.1, 0.15) is 30.1 Å². The third-order valence-electron chi connectivity index (χ3n) is 5.04. The highest BCUT2D eigenvalue weighted by Crippen LogP contribution is 2.30. The topological polar surface area (TPSA) is 68.5 Å². The molecule has 29 heavy (non-hydrogen) atoms. The molecule has 0 saturated carbocycles.